The third kappa shape index (κ3) is 4.38. The molecule has 0 bridgehead atoms. The first-order chi connectivity index (χ1) is 7.54. The topological polar surface area (TPSA) is 84.3 Å². The molecule has 0 aliphatic heterocycles. The van der Waals surface area contributed by atoms with Crippen molar-refractivity contribution in [2.45, 2.75) is 6.92 Å². The lowest BCUT2D eigenvalue weighted by Gasteiger charge is -2.05. The number of nitrogens with one attached hydrogen (secondary N) is 2. The summed E-state index contributed by atoms with van der Waals surface area (Å²) in [6.45, 7) is 1.82. The summed E-state index contributed by atoms with van der Waals surface area (Å²) < 4.78 is 0. The van der Waals surface area contributed by atoms with Crippen molar-refractivity contribution in [1.82, 2.24) is 5.32 Å². The van der Waals surface area contributed by atoms with E-state index < -0.39 is 4.92 Å². The van der Waals surface area contributed by atoms with Gasteiger partial charge in [0, 0.05) is 17.3 Å². The van der Waals surface area contributed by atoms with Crippen LogP contribution in [0, 0.1) is 17.0 Å². The van der Waals surface area contributed by atoms with Crippen molar-refractivity contribution in [2.24, 2.45) is 0 Å². The highest BCUT2D eigenvalue weighted by atomic mass is 35.5. The molecule has 0 spiro atoms. The van der Waals surface area contributed by atoms with Gasteiger partial charge in [-0.05, 0) is 20.0 Å². The standard InChI is InChI=1S/C10H13N3O3.ClH/c1-7-3-4-8(5-9(7)13(15)16)12-10(14)6-11-2;/h3-5,11H,6H2,1-2H3,(H,12,14);1H. The maximum absolute atomic E-state index is 11.2. The fourth-order valence-corrected chi connectivity index (χ4v) is 1.25. The van der Waals surface area contributed by atoms with Gasteiger partial charge < -0.3 is 10.6 Å². The van der Waals surface area contributed by atoms with Crippen LogP contribution in [0.2, 0.25) is 0 Å². The van der Waals surface area contributed by atoms with Crippen LogP contribution in [0.1, 0.15) is 5.56 Å². The molecule has 1 amide bonds. The SMILES string of the molecule is CNCC(=O)Nc1ccc(C)c([N+](=O)[O-])c1.Cl. The molecule has 1 aromatic rings. The minimum absolute atomic E-state index is 0. The molecule has 0 fully saturated rings. The van der Waals surface area contributed by atoms with E-state index in [0.717, 1.165) is 0 Å². The Kier molecular flexibility index (Phi) is 6.16. The summed E-state index contributed by atoms with van der Waals surface area (Å²) in [5, 5.41) is 15.9. The quantitative estimate of drug-likeness (QED) is 0.634. The van der Waals surface area contributed by atoms with Crippen LogP contribution in [0.5, 0.6) is 0 Å². The van der Waals surface area contributed by atoms with Gasteiger partial charge in [0.25, 0.3) is 5.69 Å². The van der Waals surface area contributed by atoms with Crippen LogP contribution in [-0.4, -0.2) is 24.4 Å². The second-order valence-corrected chi connectivity index (χ2v) is 3.34. The molecule has 0 atom stereocenters. The van der Waals surface area contributed by atoms with Gasteiger partial charge in [0.1, 0.15) is 0 Å². The molecule has 7 heteroatoms. The Balaban J connectivity index is 0.00000256. The number of likely N-dealkylation sites (N-methyl/N-ethyl adjacent to an activating group) is 1. The summed E-state index contributed by atoms with van der Waals surface area (Å²) in [5.74, 6) is -0.236. The zero-order valence-electron chi connectivity index (χ0n) is 9.52. The van der Waals surface area contributed by atoms with Crippen LogP contribution in [0.25, 0.3) is 0 Å². The number of carbonyl (C=O) groups is 1. The monoisotopic (exact) mass is 259 g/mol. The summed E-state index contributed by atoms with van der Waals surface area (Å²) in [7, 11) is 1.65. The molecule has 0 heterocycles. The van der Waals surface area contributed by atoms with E-state index in [2.05, 4.69) is 10.6 Å². The summed E-state index contributed by atoms with van der Waals surface area (Å²) in [6, 6.07) is 4.59. The molecule has 0 radical (unpaired) electrons. The number of carbonyl (C=O) groups excluding carboxylic acids is 1. The molecule has 6 nitrogen and oxygen atoms in total. The number of nitrogens with zero attached hydrogens (tertiary/aromatic N) is 1. The number of benzene rings is 1. The number of halogens is 1. The zero-order chi connectivity index (χ0) is 12.1. The predicted octanol–water partition coefficient (Wildman–Crippen LogP) is 1.48. The van der Waals surface area contributed by atoms with E-state index in [1.54, 1.807) is 26.1 Å². The van der Waals surface area contributed by atoms with E-state index in [4.69, 9.17) is 0 Å². The number of amides is 1. The summed E-state index contributed by atoms with van der Waals surface area (Å²) in [6.07, 6.45) is 0. The van der Waals surface area contributed by atoms with Crippen LogP contribution >= 0.6 is 12.4 Å². The van der Waals surface area contributed by atoms with Gasteiger partial charge >= 0.3 is 0 Å². The molecule has 0 aliphatic carbocycles. The van der Waals surface area contributed by atoms with Crippen molar-refractivity contribution in [3.8, 4) is 0 Å². The molecule has 0 saturated heterocycles. The average molecular weight is 260 g/mol. The lowest BCUT2D eigenvalue weighted by Crippen LogP contribution is -2.25. The van der Waals surface area contributed by atoms with Crippen LogP contribution in [-0.2, 0) is 4.79 Å². The second kappa shape index (κ2) is 6.82. The minimum atomic E-state index is -0.469. The number of aryl methyl sites for hydroxylation is 1. The Morgan fingerprint density at radius 2 is 2.12 bits per heavy atom. The first-order valence-electron chi connectivity index (χ1n) is 4.74. The maximum Gasteiger partial charge on any atom is 0.274 e. The summed E-state index contributed by atoms with van der Waals surface area (Å²) in [4.78, 5) is 21.4. The smallest absolute Gasteiger partial charge is 0.274 e. The Labute approximate surface area is 105 Å². The number of hydrogen-bond acceptors (Lipinski definition) is 4. The number of hydrogen-bond donors (Lipinski definition) is 2. The van der Waals surface area contributed by atoms with Gasteiger partial charge in [0.15, 0.2) is 0 Å². The highest BCUT2D eigenvalue weighted by Crippen LogP contribution is 2.21. The lowest BCUT2D eigenvalue weighted by molar-refractivity contribution is -0.385. The third-order valence-corrected chi connectivity index (χ3v) is 2.03. The predicted molar refractivity (Wildman–Crippen MR) is 67.6 cm³/mol. The van der Waals surface area contributed by atoms with Crippen molar-refractivity contribution in [1.29, 1.82) is 0 Å². The van der Waals surface area contributed by atoms with E-state index in [0.29, 0.717) is 11.3 Å². The number of nitro benzene ring substituents is 1. The maximum atomic E-state index is 11.2. The van der Waals surface area contributed by atoms with E-state index in [-0.39, 0.29) is 30.5 Å². The highest BCUT2D eigenvalue weighted by Gasteiger charge is 2.11. The first-order valence-corrected chi connectivity index (χ1v) is 4.74. The van der Waals surface area contributed by atoms with Crippen LogP contribution < -0.4 is 10.6 Å². The molecular formula is C10H14ClN3O3. The average Bonchev–Trinajstić information content (AvgIpc) is 2.21. The molecule has 0 aliphatic rings. The van der Waals surface area contributed by atoms with Crippen molar-refractivity contribution in [3.63, 3.8) is 0 Å². The molecule has 1 rings (SSSR count). The molecule has 0 saturated carbocycles. The molecule has 0 aromatic heterocycles. The van der Waals surface area contributed by atoms with Gasteiger partial charge in [-0.15, -0.1) is 12.4 Å². The number of rotatable bonds is 4. The van der Waals surface area contributed by atoms with Gasteiger partial charge in [0.05, 0.1) is 11.5 Å². The largest absolute Gasteiger partial charge is 0.325 e. The van der Waals surface area contributed by atoms with Crippen LogP contribution in [0.15, 0.2) is 18.2 Å². The van der Waals surface area contributed by atoms with Gasteiger partial charge in [0.2, 0.25) is 5.91 Å². The number of anilines is 1. The first kappa shape index (κ1) is 15.3. The van der Waals surface area contributed by atoms with Crippen molar-refractivity contribution in [2.75, 3.05) is 18.9 Å². The van der Waals surface area contributed by atoms with E-state index in [1.165, 1.54) is 6.07 Å². The van der Waals surface area contributed by atoms with Crippen molar-refractivity contribution in [3.05, 3.63) is 33.9 Å². The van der Waals surface area contributed by atoms with Gasteiger partial charge in [-0.1, -0.05) is 6.07 Å². The van der Waals surface area contributed by atoms with Crippen molar-refractivity contribution >= 4 is 29.7 Å². The lowest BCUT2D eigenvalue weighted by atomic mass is 10.2. The summed E-state index contributed by atoms with van der Waals surface area (Å²) >= 11 is 0. The Morgan fingerprint density at radius 3 is 2.65 bits per heavy atom. The van der Waals surface area contributed by atoms with E-state index >= 15 is 0 Å². The number of nitro groups is 1. The fraction of sp³-hybridized carbons (Fsp3) is 0.300. The zero-order valence-corrected chi connectivity index (χ0v) is 10.3. The third-order valence-electron chi connectivity index (χ3n) is 2.03. The van der Waals surface area contributed by atoms with Crippen molar-refractivity contribution < 1.29 is 9.72 Å². The van der Waals surface area contributed by atoms with E-state index in [9.17, 15) is 14.9 Å². The Morgan fingerprint density at radius 1 is 1.47 bits per heavy atom. The molecule has 17 heavy (non-hydrogen) atoms. The highest BCUT2D eigenvalue weighted by molar-refractivity contribution is 5.92. The Bertz CT molecular complexity index is 423. The van der Waals surface area contributed by atoms with Gasteiger partial charge in [-0.25, -0.2) is 0 Å². The molecule has 94 valence electrons. The van der Waals surface area contributed by atoms with Gasteiger partial charge in [-0.3, -0.25) is 14.9 Å². The minimum Gasteiger partial charge on any atom is -0.325 e. The normalized spacial score (nSPS) is 9.29. The van der Waals surface area contributed by atoms with Crippen LogP contribution in [0.3, 0.4) is 0 Å². The fourth-order valence-electron chi connectivity index (χ4n) is 1.25. The molecule has 0 unspecified atom stereocenters. The van der Waals surface area contributed by atoms with Crippen LogP contribution in [0.4, 0.5) is 11.4 Å². The summed E-state index contributed by atoms with van der Waals surface area (Å²) in [5.41, 5.74) is 0.997. The second-order valence-electron chi connectivity index (χ2n) is 3.34. The molecular weight excluding hydrogens is 246 g/mol. The molecule has 2 N–H and O–H groups in total. The van der Waals surface area contributed by atoms with E-state index in [1.807, 2.05) is 0 Å². The Hall–Kier alpha value is -1.66. The molecule has 1 aromatic carbocycles. The van der Waals surface area contributed by atoms with Gasteiger partial charge in [-0.2, -0.15) is 0 Å².